The third kappa shape index (κ3) is 4.91. The van der Waals surface area contributed by atoms with E-state index in [1.807, 2.05) is 0 Å². The molecule has 16 heavy (non-hydrogen) atoms. The Labute approximate surface area is 97.9 Å². The molecule has 0 fully saturated rings. The minimum atomic E-state index is -3.47. The number of nitrogens with one attached hydrogen (secondary N) is 2. The van der Waals surface area contributed by atoms with Crippen LogP contribution in [0.2, 0.25) is 0 Å². The summed E-state index contributed by atoms with van der Waals surface area (Å²) >= 11 is 0. The summed E-state index contributed by atoms with van der Waals surface area (Å²) in [4.78, 5) is 0. The highest BCUT2D eigenvalue weighted by molar-refractivity contribution is 7.87. The first-order valence-corrected chi connectivity index (χ1v) is 6.76. The molecule has 0 bridgehead atoms. The highest BCUT2D eigenvalue weighted by Crippen LogP contribution is 2.05. The normalized spacial score (nSPS) is 14.4. The van der Waals surface area contributed by atoms with Gasteiger partial charge in [0.2, 0.25) is 0 Å². The van der Waals surface area contributed by atoms with E-state index in [1.165, 1.54) is 4.31 Å². The van der Waals surface area contributed by atoms with E-state index in [0.717, 1.165) is 0 Å². The summed E-state index contributed by atoms with van der Waals surface area (Å²) in [6.45, 7) is 7.61. The molecule has 0 rings (SSSR count). The zero-order chi connectivity index (χ0) is 12.9. The van der Waals surface area contributed by atoms with Crippen LogP contribution in [0.25, 0.3) is 0 Å². The zero-order valence-electron chi connectivity index (χ0n) is 10.3. The third-order valence-electron chi connectivity index (χ3n) is 2.09. The quantitative estimate of drug-likeness (QED) is 0.442. The molecule has 6 nitrogen and oxygen atoms in total. The van der Waals surface area contributed by atoms with Crippen LogP contribution in [0.15, 0.2) is 0 Å². The highest BCUT2D eigenvalue weighted by Gasteiger charge is 2.23. The molecule has 0 saturated carbocycles. The molecule has 0 aliphatic carbocycles. The average Bonchev–Trinajstić information content (AvgIpc) is 2.10. The lowest BCUT2D eigenvalue weighted by molar-refractivity contribution is 0.393. The molecule has 0 heterocycles. The van der Waals surface area contributed by atoms with E-state index < -0.39 is 10.2 Å². The summed E-state index contributed by atoms with van der Waals surface area (Å²) in [6, 6.07) is -0.147. The maximum Gasteiger partial charge on any atom is 0.279 e. The molecule has 0 aliphatic heterocycles. The first kappa shape index (κ1) is 15.3. The number of hydrogen-bond acceptors (Lipinski definition) is 3. The van der Waals surface area contributed by atoms with Gasteiger partial charge in [-0.1, -0.05) is 13.8 Å². The third-order valence-corrected chi connectivity index (χ3v) is 3.94. The second kappa shape index (κ2) is 6.17. The molecule has 4 N–H and O–H groups in total. The molecule has 0 aliphatic rings. The van der Waals surface area contributed by atoms with Crippen molar-refractivity contribution in [1.82, 2.24) is 9.03 Å². The van der Waals surface area contributed by atoms with Crippen molar-refractivity contribution in [3.63, 3.8) is 0 Å². The Balaban J connectivity index is 4.67. The molecule has 0 aromatic heterocycles. The topological polar surface area (TPSA) is 99.3 Å². The molecule has 96 valence electrons. The van der Waals surface area contributed by atoms with Gasteiger partial charge in [0.1, 0.15) is 0 Å². The van der Waals surface area contributed by atoms with Crippen molar-refractivity contribution in [2.24, 2.45) is 11.7 Å². The van der Waals surface area contributed by atoms with E-state index in [1.54, 1.807) is 27.7 Å². The van der Waals surface area contributed by atoms with E-state index in [2.05, 4.69) is 4.72 Å². The van der Waals surface area contributed by atoms with E-state index in [4.69, 9.17) is 11.1 Å². The van der Waals surface area contributed by atoms with E-state index >= 15 is 0 Å². The lowest BCUT2D eigenvalue weighted by Gasteiger charge is -2.24. The van der Waals surface area contributed by atoms with Crippen LogP contribution in [-0.2, 0) is 10.2 Å². The van der Waals surface area contributed by atoms with E-state index in [-0.39, 0.29) is 24.3 Å². The van der Waals surface area contributed by atoms with Crippen molar-refractivity contribution in [3.8, 4) is 0 Å². The van der Waals surface area contributed by atoms with Crippen LogP contribution in [0, 0.1) is 11.3 Å². The van der Waals surface area contributed by atoms with Crippen LogP contribution in [-0.4, -0.2) is 37.7 Å². The number of nitrogens with two attached hydrogens (primary N) is 1. The van der Waals surface area contributed by atoms with Crippen molar-refractivity contribution in [2.45, 2.75) is 33.7 Å². The van der Waals surface area contributed by atoms with Crippen LogP contribution >= 0.6 is 0 Å². The molecular weight excluding hydrogens is 228 g/mol. The molecule has 1 atom stereocenters. The van der Waals surface area contributed by atoms with Gasteiger partial charge in [0, 0.05) is 25.0 Å². The largest absolute Gasteiger partial charge is 0.387 e. The number of amidine groups is 1. The van der Waals surface area contributed by atoms with Crippen LogP contribution in [0.5, 0.6) is 0 Å². The summed E-state index contributed by atoms with van der Waals surface area (Å²) in [5.41, 5.74) is 5.32. The SMILES string of the molecule is CCN(CC(C)C(=N)N)S(=O)(=O)NC(C)C. The summed E-state index contributed by atoms with van der Waals surface area (Å²) in [7, 11) is -3.47. The molecule has 0 radical (unpaired) electrons. The Kier molecular flexibility index (Phi) is 5.91. The van der Waals surface area contributed by atoms with E-state index in [0.29, 0.717) is 6.54 Å². The second-order valence-corrected chi connectivity index (χ2v) is 5.79. The molecule has 1 unspecified atom stereocenters. The lowest BCUT2D eigenvalue weighted by atomic mass is 10.1. The fraction of sp³-hybridized carbons (Fsp3) is 0.889. The average molecular weight is 250 g/mol. The fourth-order valence-electron chi connectivity index (χ4n) is 1.17. The van der Waals surface area contributed by atoms with Gasteiger partial charge >= 0.3 is 0 Å². The summed E-state index contributed by atoms with van der Waals surface area (Å²) in [6.07, 6.45) is 0. The minimum Gasteiger partial charge on any atom is -0.387 e. The first-order valence-electron chi connectivity index (χ1n) is 5.32. The monoisotopic (exact) mass is 250 g/mol. The summed E-state index contributed by atoms with van der Waals surface area (Å²) < 4.78 is 27.5. The summed E-state index contributed by atoms with van der Waals surface area (Å²) in [5, 5.41) is 7.25. The molecule has 0 aromatic carbocycles. The molecule has 0 aromatic rings. The van der Waals surface area contributed by atoms with Crippen LogP contribution in [0.1, 0.15) is 27.7 Å². The smallest absolute Gasteiger partial charge is 0.279 e. The molecule has 0 spiro atoms. The van der Waals surface area contributed by atoms with Crippen molar-refractivity contribution in [3.05, 3.63) is 0 Å². The highest BCUT2D eigenvalue weighted by atomic mass is 32.2. The zero-order valence-corrected chi connectivity index (χ0v) is 11.1. The maximum absolute atomic E-state index is 11.8. The van der Waals surface area contributed by atoms with Crippen molar-refractivity contribution < 1.29 is 8.42 Å². The van der Waals surface area contributed by atoms with Gasteiger partial charge in [0.15, 0.2) is 0 Å². The maximum atomic E-state index is 11.8. The predicted molar refractivity (Wildman–Crippen MR) is 65.5 cm³/mol. The second-order valence-electron chi connectivity index (χ2n) is 4.08. The fourth-order valence-corrected chi connectivity index (χ4v) is 2.68. The van der Waals surface area contributed by atoms with Gasteiger partial charge in [-0.2, -0.15) is 17.4 Å². The van der Waals surface area contributed by atoms with Crippen molar-refractivity contribution >= 4 is 16.0 Å². The van der Waals surface area contributed by atoms with Gasteiger partial charge in [0.05, 0.1) is 5.84 Å². The minimum absolute atomic E-state index is 0.00167. The van der Waals surface area contributed by atoms with Crippen molar-refractivity contribution in [2.75, 3.05) is 13.1 Å². The van der Waals surface area contributed by atoms with Crippen LogP contribution in [0.3, 0.4) is 0 Å². The van der Waals surface area contributed by atoms with Crippen molar-refractivity contribution in [1.29, 1.82) is 5.41 Å². The lowest BCUT2D eigenvalue weighted by Crippen LogP contribution is -2.46. The Morgan fingerprint density at radius 1 is 1.44 bits per heavy atom. The van der Waals surface area contributed by atoms with Gasteiger partial charge < -0.3 is 5.73 Å². The number of rotatable bonds is 7. The molecule has 0 amide bonds. The first-order chi connectivity index (χ1) is 7.20. The Morgan fingerprint density at radius 2 is 1.94 bits per heavy atom. The van der Waals surface area contributed by atoms with Crippen LogP contribution in [0.4, 0.5) is 0 Å². The van der Waals surface area contributed by atoms with Gasteiger partial charge in [-0.25, -0.2) is 0 Å². The van der Waals surface area contributed by atoms with Crippen LogP contribution < -0.4 is 10.5 Å². The standard InChI is InChI=1S/C9H22N4O2S/c1-5-13(6-8(4)9(10)11)16(14,15)12-7(2)3/h7-8,12H,5-6H2,1-4H3,(H3,10,11). The Bertz CT molecular complexity index is 326. The molecule has 0 saturated heterocycles. The molecular formula is C9H22N4O2S. The number of hydrogen-bond donors (Lipinski definition) is 3. The Morgan fingerprint density at radius 3 is 2.25 bits per heavy atom. The van der Waals surface area contributed by atoms with Gasteiger partial charge in [-0.3, -0.25) is 5.41 Å². The molecule has 7 heteroatoms. The Hall–Kier alpha value is -0.660. The number of nitrogens with zero attached hydrogens (tertiary/aromatic N) is 1. The van der Waals surface area contributed by atoms with Gasteiger partial charge in [-0.15, -0.1) is 0 Å². The summed E-state index contributed by atoms with van der Waals surface area (Å²) in [5.74, 6) is -0.276. The van der Waals surface area contributed by atoms with E-state index in [9.17, 15) is 8.42 Å². The van der Waals surface area contributed by atoms with Gasteiger partial charge in [-0.05, 0) is 13.8 Å². The van der Waals surface area contributed by atoms with Gasteiger partial charge in [0.25, 0.3) is 10.2 Å². The predicted octanol–water partition coefficient (Wildman–Crippen LogP) is 0.123.